The standard InChI is InChI=1S/C12H23N3O/c1-14-7-3-10(9-14)4-8-15(2)11(16)12(13)5-6-12/h10H,3-9,13H2,1-2H3. The molecule has 1 aliphatic heterocycles. The normalized spacial score (nSPS) is 28.1. The Morgan fingerprint density at radius 1 is 1.56 bits per heavy atom. The molecule has 0 radical (unpaired) electrons. The number of nitrogens with zero attached hydrogens (tertiary/aromatic N) is 2. The zero-order valence-electron chi connectivity index (χ0n) is 10.4. The van der Waals surface area contributed by atoms with E-state index >= 15 is 0 Å². The van der Waals surface area contributed by atoms with Gasteiger partial charge in [-0.1, -0.05) is 0 Å². The molecule has 1 atom stereocenters. The molecule has 4 heteroatoms. The smallest absolute Gasteiger partial charge is 0.242 e. The van der Waals surface area contributed by atoms with Crippen molar-refractivity contribution in [3.63, 3.8) is 0 Å². The Hall–Kier alpha value is -0.610. The molecule has 0 aromatic rings. The maximum atomic E-state index is 11.9. The highest BCUT2D eigenvalue weighted by atomic mass is 16.2. The van der Waals surface area contributed by atoms with Gasteiger partial charge in [-0.2, -0.15) is 0 Å². The Labute approximate surface area is 97.8 Å². The second kappa shape index (κ2) is 4.34. The molecule has 1 amide bonds. The highest BCUT2D eigenvalue weighted by Crippen LogP contribution is 2.34. The van der Waals surface area contributed by atoms with E-state index in [4.69, 9.17) is 5.73 Å². The fourth-order valence-corrected chi connectivity index (χ4v) is 2.47. The second-order valence-electron chi connectivity index (χ2n) is 5.59. The van der Waals surface area contributed by atoms with Gasteiger partial charge >= 0.3 is 0 Å². The van der Waals surface area contributed by atoms with Gasteiger partial charge in [0.25, 0.3) is 0 Å². The van der Waals surface area contributed by atoms with Gasteiger partial charge in [-0.3, -0.25) is 4.79 Å². The van der Waals surface area contributed by atoms with E-state index in [-0.39, 0.29) is 5.91 Å². The number of likely N-dealkylation sites (tertiary alicyclic amines) is 1. The summed E-state index contributed by atoms with van der Waals surface area (Å²) in [5.41, 5.74) is 5.40. The van der Waals surface area contributed by atoms with Gasteiger partial charge in [0.2, 0.25) is 5.91 Å². The Kier molecular flexibility index (Phi) is 3.22. The zero-order valence-corrected chi connectivity index (χ0v) is 10.4. The molecule has 4 nitrogen and oxygen atoms in total. The van der Waals surface area contributed by atoms with Crippen molar-refractivity contribution in [3.8, 4) is 0 Å². The predicted octanol–water partition coefficient (Wildman–Crippen LogP) is 0.278. The summed E-state index contributed by atoms with van der Waals surface area (Å²) >= 11 is 0. The van der Waals surface area contributed by atoms with Crippen LogP contribution in [0, 0.1) is 5.92 Å². The number of rotatable bonds is 4. The molecule has 2 aliphatic rings. The van der Waals surface area contributed by atoms with Gasteiger partial charge in [0, 0.05) is 20.1 Å². The minimum absolute atomic E-state index is 0.138. The Morgan fingerprint density at radius 2 is 2.25 bits per heavy atom. The van der Waals surface area contributed by atoms with Gasteiger partial charge < -0.3 is 15.5 Å². The molecule has 1 saturated heterocycles. The lowest BCUT2D eigenvalue weighted by atomic mass is 10.0. The quantitative estimate of drug-likeness (QED) is 0.747. The first kappa shape index (κ1) is 11.9. The lowest BCUT2D eigenvalue weighted by Crippen LogP contribution is -2.44. The van der Waals surface area contributed by atoms with Crippen LogP contribution in [0.3, 0.4) is 0 Å². The van der Waals surface area contributed by atoms with Gasteiger partial charge in [0.1, 0.15) is 0 Å². The average Bonchev–Trinajstić information content (AvgIpc) is 2.86. The molecule has 0 spiro atoms. The maximum Gasteiger partial charge on any atom is 0.242 e. The third-order valence-electron chi connectivity index (χ3n) is 3.92. The molecule has 0 aromatic carbocycles. The van der Waals surface area contributed by atoms with Crippen LogP contribution in [0.1, 0.15) is 25.7 Å². The fourth-order valence-electron chi connectivity index (χ4n) is 2.47. The van der Waals surface area contributed by atoms with Crippen molar-refractivity contribution < 1.29 is 4.79 Å². The van der Waals surface area contributed by atoms with E-state index in [2.05, 4.69) is 11.9 Å². The minimum atomic E-state index is -0.499. The fraction of sp³-hybridized carbons (Fsp3) is 0.917. The van der Waals surface area contributed by atoms with Crippen LogP contribution in [0.15, 0.2) is 0 Å². The van der Waals surface area contributed by atoms with Crippen LogP contribution in [0.2, 0.25) is 0 Å². The van der Waals surface area contributed by atoms with Crippen molar-refractivity contribution in [2.45, 2.75) is 31.2 Å². The van der Waals surface area contributed by atoms with Gasteiger partial charge in [-0.25, -0.2) is 0 Å². The van der Waals surface area contributed by atoms with Gasteiger partial charge in [-0.15, -0.1) is 0 Å². The van der Waals surface area contributed by atoms with Crippen LogP contribution in [0.4, 0.5) is 0 Å². The molecule has 1 unspecified atom stereocenters. The highest BCUT2D eigenvalue weighted by Gasteiger charge is 2.47. The summed E-state index contributed by atoms with van der Waals surface area (Å²) in [6.07, 6.45) is 4.11. The van der Waals surface area contributed by atoms with Crippen LogP contribution in [-0.4, -0.2) is 55.0 Å². The SMILES string of the molecule is CN1CCC(CCN(C)C(=O)C2(N)CC2)C1. The largest absolute Gasteiger partial charge is 0.344 e. The zero-order chi connectivity index (χ0) is 11.8. The highest BCUT2D eigenvalue weighted by molar-refractivity contribution is 5.88. The lowest BCUT2D eigenvalue weighted by Gasteiger charge is -2.22. The Bertz CT molecular complexity index is 275. The molecular formula is C12H23N3O. The maximum absolute atomic E-state index is 11.9. The summed E-state index contributed by atoms with van der Waals surface area (Å²) in [5.74, 6) is 0.895. The van der Waals surface area contributed by atoms with Gasteiger partial charge in [0.15, 0.2) is 0 Å². The topological polar surface area (TPSA) is 49.6 Å². The molecule has 0 aromatic heterocycles. The predicted molar refractivity (Wildman–Crippen MR) is 64.0 cm³/mol. The molecule has 2 fully saturated rings. The number of likely N-dealkylation sites (N-methyl/N-ethyl adjacent to an activating group) is 1. The first-order chi connectivity index (χ1) is 7.51. The Balaban J connectivity index is 1.71. The molecule has 2 rings (SSSR count). The molecule has 1 heterocycles. The minimum Gasteiger partial charge on any atom is -0.344 e. The van der Waals surface area contributed by atoms with Crippen LogP contribution < -0.4 is 5.73 Å². The number of hydrogen-bond acceptors (Lipinski definition) is 3. The van der Waals surface area contributed by atoms with E-state index in [0.29, 0.717) is 0 Å². The molecular weight excluding hydrogens is 202 g/mol. The first-order valence-corrected chi connectivity index (χ1v) is 6.24. The van der Waals surface area contributed by atoms with Gasteiger partial charge in [0.05, 0.1) is 5.54 Å². The third-order valence-corrected chi connectivity index (χ3v) is 3.92. The summed E-state index contributed by atoms with van der Waals surface area (Å²) in [4.78, 5) is 16.1. The summed E-state index contributed by atoms with van der Waals surface area (Å²) in [7, 11) is 4.04. The lowest BCUT2D eigenvalue weighted by molar-refractivity contribution is -0.132. The van der Waals surface area contributed by atoms with E-state index in [9.17, 15) is 4.79 Å². The van der Waals surface area contributed by atoms with Gasteiger partial charge in [-0.05, 0) is 45.2 Å². The van der Waals surface area contributed by atoms with Crippen molar-refractivity contribution in [2.75, 3.05) is 33.7 Å². The molecule has 16 heavy (non-hydrogen) atoms. The molecule has 1 saturated carbocycles. The monoisotopic (exact) mass is 225 g/mol. The van der Waals surface area contributed by atoms with Crippen molar-refractivity contribution >= 4 is 5.91 Å². The number of carbonyl (C=O) groups is 1. The molecule has 92 valence electrons. The summed E-state index contributed by atoms with van der Waals surface area (Å²) in [5, 5.41) is 0. The molecule has 2 N–H and O–H groups in total. The number of amides is 1. The molecule has 0 bridgehead atoms. The van der Waals surface area contributed by atoms with Crippen molar-refractivity contribution in [1.29, 1.82) is 0 Å². The van der Waals surface area contributed by atoms with E-state index in [1.165, 1.54) is 19.5 Å². The van der Waals surface area contributed by atoms with Crippen molar-refractivity contribution in [1.82, 2.24) is 9.80 Å². The van der Waals surface area contributed by atoms with Crippen molar-refractivity contribution in [3.05, 3.63) is 0 Å². The van der Waals surface area contributed by atoms with Crippen LogP contribution >= 0.6 is 0 Å². The van der Waals surface area contributed by atoms with E-state index in [1.54, 1.807) is 0 Å². The second-order valence-corrected chi connectivity index (χ2v) is 5.59. The van der Waals surface area contributed by atoms with Crippen LogP contribution in [0.5, 0.6) is 0 Å². The Morgan fingerprint density at radius 3 is 2.75 bits per heavy atom. The number of carbonyl (C=O) groups excluding carboxylic acids is 1. The number of hydrogen-bond donors (Lipinski definition) is 1. The van der Waals surface area contributed by atoms with E-state index in [0.717, 1.165) is 31.7 Å². The van der Waals surface area contributed by atoms with Crippen molar-refractivity contribution in [2.24, 2.45) is 11.7 Å². The van der Waals surface area contributed by atoms with Crippen LogP contribution in [0.25, 0.3) is 0 Å². The number of nitrogens with two attached hydrogens (primary N) is 1. The van der Waals surface area contributed by atoms with Crippen LogP contribution in [-0.2, 0) is 4.79 Å². The van der Waals surface area contributed by atoms with E-state index < -0.39 is 5.54 Å². The third kappa shape index (κ3) is 2.55. The summed E-state index contributed by atoms with van der Waals surface area (Å²) in [6, 6.07) is 0. The summed E-state index contributed by atoms with van der Waals surface area (Å²) < 4.78 is 0. The average molecular weight is 225 g/mol. The molecule has 1 aliphatic carbocycles. The first-order valence-electron chi connectivity index (χ1n) is 6.24. The van der Waals surface area contributed by atoms with E-state index in [1.807, 2.05) is 11.9 Å². The summed E-state index contributed by atoms with van der Waals surface area (Å²) in [6.45, 7) is 3.23.